The van der Waals surface area contributed by atoms with E-state index in [1.165, 1.54) is 0 Å². The number of fused-ring (bicyclic) bond motifs is 1. The maximum atomic E-state index is 11.8. The molecule has 0 aliphatic heterocycles. The van der Waals surface area contributed by atoms with Crippen molar-refractivity contribution in [1.29, 1.82) is 0 Å². The van der Waals surface area contributed by atoms with Gasteiger partial charge in [0, 0.05) is 18.4 Å². The van der Waals surface area contributed by atoms with E-state index in [1.807, 2.05) is 36.4 Å². The molecule has 0 saturated carbocycles. The number of rotatable bonds is 9. The predicted molar refractivity (Wildman–Crippen MR) is 104 cm³/mol. The van der Waals surface area contributed by atoms with Crippen molar-refractivity contribution < 1.29 is 9.21 Å². The number of para-hydroxylation sites is 1. The highest BCUT2D eigenvalue weighted by atomic mass is 32.1. The molecule has 1 amide bonds. The topological polar surface area (TPSA) is 83.0 Å². The number of carbonyl (C=O) groups is 1. The summed E-state index contributed by atoms with van der Waals surface area (Å²) in [4.78, 5) is 19.2. The number of hydrogen-bond donors (Lipinski definition) is 3. The van der Waals surface area contributed by atoms with Gasteiger partial charge >= 0.3 is 0 Å². The number of benzene rings is 1. The molecule has 0 radical (unpaired) electrons. The Hall–Kier alpha value is -2.67. The second kappa shape index (κ2) is 9.15. The summed E-state index contributed by atoms with van der Waals surface area (Å²) >= 11 is 5.17. The lowest BCUT2D eigenvalue weighted by atomic mass is 10.2. The number of aromatic amines is 1. The molecule has 0 aliphatic rings. The van der Waals surface area contributed by atoms with Gasteiger partial charge in [-0.3, -0.25) is 4.79 Å². The van der Waals surface area contributed by atoms with Crippen LogP contribution in [0.1, 0.15) is 31.4 Å². The predicted octanol–water partition coefficient (Wildman–Crippen LogP) is 4.17. The van der Waals surface area contributed by atoms with Gasteiger partial charge in [0.15, 0.2) is 4.77 Å². The molecular formula is C19H22N4O2S. The van der Waals surface area contributed by atoms with Crippen LogP contribution >= 0.6 is 12.2 Å². The molecule has 2 heterocycles. The van der Waals surface area contributed by atoms with Crippen LogP contribution in [-0.4, -0.2) is 22.4 Å². The van der Waals surface area contributed by atoms with Crippen molar-refractivity contribution >= 4 is 34.8 Å². The van der Waals surface area contributed by atoms with Crippen molar-refractivity contribution in [3.63, 3.8) is 0 Å². The minimum absolute atomic E-state index is 0.0522. The summed E-state index contributed by atoms with van der Waals surface area (Å²) < 4.78 is 5.66. The number of nitrogens with zero attached hydrogens (tertiary/aromatic N) is 1. The molecule has 6 nitrogen and oxygen atoms in total. The molecule has 1 aromatic carbocycles. The zero-order valence-corrected chi connectivity index (χ0v) is 15.3. The fourth-order valence-corrected chi connectivity index (χ4v) is 2.92. The fraction of sp³-hybridized carbons (Fsp3) is 0.316. The second-order valence-corrected chi connectivity index (χ2v) is 6.42. The van der Waals surface area contributed by atoms with Gasteiger partial charge in [0.05, 0.1) is 18.3 Å². The highest BCUT2D eigenvalue weighted by molar-refractivity contribution is 7.71. The van der Waals surface area contributed by atoms with Crippen LogP contribution in [0.5, 0.6) is 0 Å². The first-order valence-electron chi connectivity index (χ1n) is 8.74. The lowest BCUT2D eigenvalue weighted by molar-refractivity contribution is -0.121. The zero-order chi connectivity index (χ0) is 18.2. The SMILES string of the molecule is O=C(CCCCCNc1nc(=S)[nH]c2ccccc12)NCc1ccco1. The third-order valence-corrected chi connectivity index (χ3v) is 4.24. The number of hydrogen-bond acceptors (Lipinski definition) is 5. The van der Waals surface area contributed by atoms with E-state index in [0.717, 1.165) is 48.3 Å². The quantitative estimate of drug-likeness (QED) is 0.389. The van der Waals surface area contributed by atoms with Gasteiger partial charge in [-0.15, -0.1) is 0 Å². The Bertz CT molecular complexity index is 905. The van der Waals surface area contributed by atoms with Crippen molar-refractivity contribution in [2.45, 2.75) is 32.2 Å². The van der Waals surface area contributed by atoms with Crippen molar-refractivity contribution in [2.75, 3.05) is 11.9 Å². The van der Waals surface area contributed by atoms with Crippen LogP contribution in [-0.2, 0) is 11.3 Å². The van der Waals surface area contributed by atoms with Gasteiger partial charge in [0.2, 0.25) is 5.91 Å². The molecule has 0 fully saturated rings. The molecular weight excluding hydrogens is 348 g/mol. The normalized spacial score (nSPS) is 10.8. The number of unbranched alkanes of at least 4 members (excludes halogenated alkanes) is 2. The van der Waals surface area contributed by atoms with Gasteiger partial charge in [-0.2, -0.15) is 0 Å². The lowest BCUT2D eigenvalue weighted by Gasteiger charge is -2.09. The number of aromatic nitrogens is 2. The number of nitrogens with one attached hydrogen (secondary N) is 3. The van der Waals surface area contributed by atoms with Gasteiger partial charge in [0.25, 0.3) is 0 Å². The third kappa shape index (κ3) is 5.16. The molecule has 2 aromatic heterocycles. The molecule has 0 bridgehead atoms. The smallest absolute Gasteiger partial charge is 0.220 e. The molecule has 0 spiro atoms. The van der Waals surface area contributed by atoms with Crippen LogP contribution in [0, 0.1) is 4.77 Å². The number of furan rings is 1. The van der Waals surface area contributed by atoms with Crippen LogP contribution in [0.3, 0.4) is 0 Å². The number of carbonyl (C=O) groups excluding carboxylic acids is 1. The summed E-state index contributed by atoms with van der Waals surface area (Å²) in [6.45, 7) is 1.24. The van der Waals surface area contributed by atoms with Crippen molar-refractivity contribution in [3.05, 3.63) is 53.2 Å². The molecule has 26 heavy (non-hydrogen) atoms. The monoisotopic (exact) mass is 370 g/mol. The molecule has 0 atom stereocenters. The van der Waals surface area contributed by atoms with Crippen molar-refractivity contribution in [1.82, 2.24) is 15.3 Å². The van der Waals surface area contributed by atoms with Gasteiger partial charge in [-0.1, -0.05) is 18.6 Å². The minimum Gasteiger partial charge on any atom is -0.467 e. The van der Waals surface area contributed by atoms with E-state index in [9.17, 15) is 4.79 Å². The average Bonchev–Trinajstić information content (AvgIpc) is 3.16. The second-order valence-electron chi connectivity index (χ2n) is 6.03. The summed E-state index contributed by atoms with van der Waals surface area (Å²) in [7, 11) is 0. The van der Waals surface area contributed by atoms with E-state index in [4.69, 9.17) is 16.6 Å². The summed E-state index contributed by atoms with van der Waals surface area (Å²) in [5, 5.41) is 7.23. The number of H-pyrrole nitrogens is 1. The Morgan fingerprint density at radius 2 is 2.04 bits per heavy atom. The summed E-state index contributed by atoms with van der Waals surface area (Å²) in [5.74, 6) is 1.63. The van der Waals surface area contributed by atoms with Gasteiger partial charge < -0.3 is 20.0 Å². The fourth-order valence-electron chi connectivity index (χ4n) is 2.72. The van der Waals surface area contributed by atoms with E-state index in [1.54, 1.807) is 6.26 Å². The highest BCUT2D eigenvalue weighted by Gasteiger charge is 2.04. The van der Waals surface area contributed by atoms with E-state index in [2.05, 4.69) is 20.6 Å². The van der Waals surface area contributed by atoms with Crippen LogP contribution in [0.4, 0.5) is 5.82 Å². The van der Waals surface area contributed by atoms with Crippen molar-refractivity contribution in [2.24, 2.45) is 0 Å². The van der Waals surface area contributed by atoms with E-state index in [0.29, 0.717) is 17.7 Å². The van der Waals surface area contributed by atoms with Crippen LogP contribution in [0.25, 0.3) is 10.9 Å². The molecule has 0 saturated heterocycles. The standard InChI is InChI=1S/C19H22N4O2S/c24-17(21-13-14-7-6-12-25-14)10-2-1-5-11-20-18-15-8-3-4-9-16(15)22-19(26)23-18/h3-4,6-9,12H,1-2,5,10-11,13H2,(H,21,24)(H2,20,22,23,26). The van der Waals surface area contributed by atoms with Crippen LogP contribution < -0.4 is 10.6 Å². The Labute approximate surface area is 157 Å². The highest BCUT2D eigenvalue weighted by Crippen LogP contribution is 2.19. The first-order valence-corrected chi connectivity index (χ1v) is 9.15. The molecule has 3 aromatic rings. The number of amides is 1. The van der Waals surface area contributed by atoms with Gasteiger partial charge in [0.1, 0.15) is 11.6 Å². The zero-order valence-electron chi connectivity index (χ0n) is 14.5. The first kappa shape index (κ1) is 18.1. The average molecular weight is 370 g/mol. The van der Waals surface area contributed by atoms with E-state index >= 15 is 0 Å². The minimum atomic E-state index is 0.0522. The maximum Gasteiger partial charge on any atom is 0.220 e. The van der Waals surface area contributed by atoms with Gasteiger partial charge in [-0.05, 0) is 49.3 Å². The Morgan fingerprint density at radius 3 is 2.88 bits per heavy atom. The first-order chi connectivity index (χ1) is 12.7. The Kier molecular flexibility index (Phi) is 6.38. The van der Waals surface area contributed by atoms with Gasteiger partial charge in [-0.25, -0.2) is 4.98 Å². The molecule has 0 aliphatic carbocycles. The van der Waals surface area contributed by atoms with E-state index < -0.39 is 0 Å². The summed E-state index contributed by atoms with van der Waals surface area (Å²) in [6.07, 6.45) is 4.92. The number of anilines is 1. The summed E-state index contributed by atoms with van der Waals surface area (Å²) in [6, 6.07) is 11.6. The van der Waals surface area contributed by atoms with E-state index in [-0.39, 0.29) is 5.91 Å². The Balaban J connectivity index is 1.36. The lowest BCUT2D eigenvalue weighted by Crippen LogP contribution is -2.22. The third-order valence-electron chi connectivity index (χ3n) is 4.05. The maximum absolute atomic E-state index is 11.8. The molecule has 0 unspecified atom stereocenters. The molecule has 7 heteroatoms. The summed E-state index contributed by atoms with van der Waals surface area (Å²) in [5.41, 5.74) is 0.975. The van der Waals surface area contributed by atoms with Crippen LogP contribution in [0.2, 0.25) is 0 Å². The molecule has 3 N–H and O–H groups in total. The molecule has 3 rings (SSSR count). The van der Waals surface area contributed by atoms with Crippen molar-refractivity contribution in [3.8, 4) is 0 Å². The Morgan fingerprint density at radius 1 is 1.15 bits per heavy atom. The molecule has 136 valence electrons. The van der Waals surface area contributed by atoms with Crippen LogP contribution in [0.15, 0.2) is 47.1 Å². The largest absolute Gasteiger partial charge is 0.467 e.